The Morgan fingerprint density at radius 1 is 1.63 bits per heavy atom. The number of carbonyl (C=O) groups is 2. The second-order valence-electron chi connectivity index (χ2n) is 4.07. The number of carboxylic acid groups (broad SMARTS) is 1. The van der Waals surface area contributed by atoms with Crippen molar-refractivity contribution >= 4 is 11.9 Å². The van der Waals surface area contributed by atoms with Crippen molar-refractivity contribution in [2.45, 2.75) is 6.04 Å². The van der Waals surface area contributed by atoms with Gasteiger partial charge in [-0.3, -0.25) is 14.3 Å². The predicted octanol–water partition coefficient (Wildman–Crippen LogP) is -1.02. The summed E-state index contributed by atoms with van der Waals surface area (Å²) in [6.07, 6.45) is 3.11. The topological polar surface area (TPSA) is 111 Å². The predicted molar refractivity (Wildman–Crippen MR) is 66.2 cm³/mol. The molecule has 8 heteroatoms. The Balaban J connectivity index is 2.76. The first kappa shape index (κ1) is 15.1. The SMILES string of the molecule is COCCN(CC(=O)O)C(=O)C(N)c1cnn(C)c1. The van der Waals surface area contributed by atoms with Crippen LogP contribution in [0.15, 0.2) is 12.4 Å². The smallest absolute Gasteiger partial charge is 0.323 e. The van der Waals surface area contributed by atoms with Crippen LogP contribution in [0.4, 0.5) is 0 Å². The van der Waals surface area contributed by atoms with E-state index in [1.54, 1.807) is 13.2 Å². The summed E-state index contributed by atoms with van der Waals surface area (Å²) in [7, 11) is 3.19. The first-order valence-electron chi connectivity index (χ1n) is 5.69. The maximum absolute atomic E-state index is 12.1. The van der Waals surface area contributed by atoms with Crippen LogP contribution in [0.2, 0.25) is 0 Å². The highest BCUT2D eigenvalue weighted by Gasteiger charge is 2.24. The maximum Gasteiger partial charge on any atom is 0.323 e. The molecule has 106 valence electrons. The van der Waals surface area contributed by atoms with Gasteiger partial charge in [0.1, 0.15) is 12.6 Å². The van der Waals surface area contributed by atoms with Gasteiger partial charge in [0.2, 0.25) is 5.91 Å². The van der Waals surface area contributed by atoms with Crippen molar-refractivity contribution < 1.29 is 19.4 Å². The van der Waals surface area contributed by atoms with Gasteiger partial charge in [0.05, 0.1) is 12.8 Å². The summed E-state index contributed by atoms with van der Waals surface area (Å²) in [5.74, 6) is -1.56. The van der Waals surface area contributed by atoms with Gasteiger partial charge in [-0.2, -0.15) is 5.10 Å². The molecule has 0 aliphatic carbocycles. The number of nitrogens with zero attached hydrogens (tertiary/aromatic N) is 3. The van der Waals surface area contributed by atoms with Gasteiger partial charge in [-0.15, -0.1) is 0 Å². The summed E-state index contributed by atoms with van der Waals surface area (Å²) in [5, 5.41) is 12.7. The normalized spacial score (nSPS) is 12.2. The van der Waals surface area contributed by atoms with E-state index in [1.165, 1.54) is 18.0 Å². The number of aromatic nitrogens is 2. The van der Waals surface area contributed by atoms with Crippen molar-refractivity contribution in [1.82, 2.24) is 14.7 Å². The molecule has 0 fully saturated rings. The number of nitrogens with two attached hydrogens (primary N) is 1. The largest absolute Gasteiger partial charge is 0.480 e. The Kier molecular flexibility index (Phi) is 5.46. The zero-order valence-corrected chi connectivity index (χ0v) is 10.9. The number of carbonyl (C=O) groups excluding carboxylic acids is 1. The Morgan fingerprint density at radius 2 is 2.32 bits per heavy atom. The first-order chi connectivity index (χ1) is 8.95. The van der Waals surface area contributed by atoms with Crippen LogP contribution < -0.4 is 5.73 Å². The second-order valence-corrected chi connectivity index (χ2v) is 4.07. The van der Waals surface area contributed by atoms with Crippen molar-refractivity contribution in [3.8, 4) is 0 Å². The highest BCUT2D eigenvalue weighted by atomic mass is 16.5. The Labute approximate surface area is 110 Å². The number of hydrogen-bond acceptors (Lipinski definition) is 5. The number of carboxylic acids is 1. The van der Waals surface area contributed by atoms with Crippen molar-refractivity contribution in [3.63, 3.8) is 0 Å². The summed E-state index contributed by atoms with van der Waals surface area (Å²) in [5.41, 5.74) is 6.36. The second kappa shape index (κ2) is 6.86. The fourth-order valence-electron chi connectivity index (χ4n) is 1.57. The molecule has 0 spiro atoms. The molecule has 1 amide bonds. The molecule has 0 aromatic carbocycles. The number of aliphatic carboxylic acids is 1. The fourth-order valence-corrected chi connectivity index (χ4v) is 1.57. The number of hydrogen-bond donors (Lipinski definition) is 2. The van der Waals surface area contributed by atoms with E-state index in [0.29, 0.717) is 5.56 Å². The summed E-state index contributed by atoms with van der Waals surface area (Å²) in [6, 6.07) is -0.926. The summed E-state index contributed by atoms with van der Waals surface area (Å²) >= 11 is 0. The third kappa shape index (κ3) is 4.34. The van der Waals surface area contributed by atoms with E-state index in [-0.39, 0.29) is 13.2 Å². The third-order valence-electron chi connectivity index (χ3n) is 2.55. The number of amides is 1. The molecule has 0 bridgehead atoms. The molecule has 0 aliphatic rings. The van der Waals surface area contributed by atoms with E-state index in [4.69, 9.17) is 15.6 Å². The average Bonchev–Trinajstić information content (AvgIpc) is 2.79. The van der Waals surface area contributed by atoms with Gasteiger partial charge in [0.15, 0.2) is 0 Å². The minimum atomic E-state index is -1.09. The van der Waals surface area contributed by atoms with Gasteiger partial charge < -0.3 is 20.5 Å². The molecule has 8 nitrogen and oxygen atoms in total. The van der Waals surface area contributed by atoms with Crippen molar-refractivity contribution in [2.24, 2.45) is 12.8 Å². The molecule has 1 unspecified atom stereocenters. The molecule has 3 N–H and O–H groups in total. The Morgan fingerprint density at radius 3 is 2.79 bits per heavy atom. The van der Waals surface area contributed by atoms with Crippen molar-refractivity contribution in [2.75, 3.05) is 26.8 Å². The van der Waals surface area contributed by atoms with Crippen LogP contribution in [0.1, 0.15) is 11.6 Å². The molecule has 1 atom stereocenters. The minimum absolute atomic E-state index is 0.176. The van der Waals surface area contributed by atoms with Crippen LogP contribution in [0.3, 0.4) is 0 Å². The molecule has 1 heterocycles. The molecule has 0 saturated carbocycles. The molecule has 1 aromatic rings. The van der Waals surface area contributed by atoms with Crippen molar-refractivity contribution in [3.05, 3.63) is 18.0 Å². The lowest BCUT2D eigenvalue weighted by Gasteiger charge is -2.23. The molecule has 0 saturated heterocycles. The molecule has 0 radical (unpaired) electrons. The maximum atomic E-state index is 12.1. The van der Waals surface area contributed by atoms with E-state index in [1.807, 2.05) is 0 Å². The van der Waals surface area contributed by atoms with Crippen LogP contribution in [0.25, 0.3) is 0 Å². The molecular formula is C11H18N4O4. The van der Waals surface area contributed by atoms with Crippen LogP contribution >= 0.6 is 0 Å². The van der Waals surface area contributed by atoms with Crippen LogP contribution in [0.5, 0.6) is 0 Å². The molecular weight excluding hydrogens is 252 g/mol. The monoisotopic (exact) mass is 270 g/mol. The first-order valence-corrected chi connectivity index (χ1v) is 5.69. The van der Waals surface area contributed by atoms with Crippen LogP contribution in [-0.2, 0) is 21.4 Å². The van der Waals surface area contributed by atoms with E-state index >= 15 is 0 Å². The van der Waals surface area contributed by atoms with Gasteiger partial charge in [-0.25, -0.2) is 0 Å². The molecule has 1 rings (SSSR count). The van der Waals surface area contributed by atoms with Crippen molar-refractivity contribution in [1.29, 1.82) is 0 Å². The zero-order chi connectivity index (χ0) is 14.4. The zero-order valence-electron chi connectivity index (χ0n) is 10.9. The molecule has 1 aromatic heterocycles. The van der Waals surface area contributed by atoms with Crippen LogP contribution in [-0.4, -0.2) is 58.5 Å². The molecule has 0 aliphatic heterocycles. The lowest BCUT2D eigenvalue weighted by Crippen LogP contribution is -2.43. The quantitative estimate of drug-likeness (QED) is 0.656. The van der Waals surface area contributed by atoms with Crippen LogP contribution in [0, 0.1) is 0 Å². The van der Waals surface area contributed by atoms with Gasteiger partial charge in [0.25, 0.3) is 0 Å². The number of rotatable bonds is 7. The number of methoxy groups -OCH3 is 1. The minimum Gasteiger partial charge on any atom is -0.480 e. The fraction of sp³-hybridized carbons (Fsp3) is 0.545. The standard InChI is InChI=1S/C11H18N4O4/c1-14-6-8(5-13-14)10(12)11(18)15(3-4-19-2)7-9(16)17/h5-6,10H,3-4,7,12H2,1-2H3,(H,16,17). The highest BCUT2D eigenvalue weighted by Crippen LogP contribution is 2.12. The van der Waals surface area contributed by atoms with Gasteiger partial charge in [-0.1, -0.05) is 0 Å². The Hall–Kier alpha value is -1.93. The lowest BCUT2D eigenvalue weighted by atomic mass is 10.1. The van der Waals surface area contributed by atoms with E-state index < -0.39 is 24.5 Å². The highest BCUT2D eigenvalue weighted by molar-refractivity contribution is 5.86. The number of ether oxygens (including phenoxy) is 1. The summed E-state index contributed by atoms with van der Waals surface area (Å²) < 4.78 is 6.38. The van der Waals surface area contributed by atoms with Gasteiger partial charge in [0, 0.05) is 32.5 Å². The average molecular weight is 270 g/mol. The number of aryl methyl sites for hydroxylation is 1. The van der Waals surface area contributed by atoms with E-state index in [9.17, 15) is 9.59 Å². The lowest BCUT2D eigenvalue weighted by molar-refractivity contribution is -0.145. The van der Waals surface area contributed by atoms with Gasteiger partial charge in [-0.05, 0) is 0 Å². The Bertz CT molecular complexity index is 446. The van der Waals surface area contributed by atoms with E-state index in [2.05, 4.69) is 5.10 Å². The summed E-state index contributed by atoms with van der Waals surface area (Å²) in [6.45, 7) is 0.0184. The van der Waals surface area contributed by atoms with E-state index in [0.717, 1.165) is 4.90 Å². The molecule has 19 heavy (non-hydrogen) atoms. The summed E-state index contributed by atoms with van der Waals surface area (Å²) in [4.78, 5) is 24.0. The third-order valence-corrected chi connectivity index (χ3v) is 2.55. The van der Waals surface area contributed by atoms with Gasteiger partial charge >= 0.3 is 5.97 Å².